The van der Waals surface area contributed by atoms with Crippen LogP contribution in [0.25, 0.3) is 0 Å². The monoisotopic (exact) mass is 460 g/mol. The highest BCUT2D eigenvalue weighted by atomic mass is 35.5. The third-order valence-electron chi connectivity index (χ3n) is 5.16. The van der Waals surface area contributed by atoms with Crippen LogP contribution in [0.2, 0.25) is 5.02 Å². The van der Waals surface area contributed by atoms with E-state index in [1.165, 1.54) is 0 Å². The number of methoxy groups -OCH3 is 2. The van der Waals surface area contributed by atoms with Gasteiger partial charge in [-0.3, -0.25) is 20.0 Å². The van der Waals surface area contributed by atoms with Crippen molar-refractivity contribution in [3.05, 3.63) is 52.5 Å². The molecule has 9 heteroatoms. The fourth-order valence-electron chi connectivity index (χ4n) is 3.23. The minimum Gasteiger partial charge on any atom is -0.497 e. The smallest absolute Gasteiger partial charge is 0.258 e. The predicted octanol–water partition coefficient (Wildman–Crippen LogP) is 3.20. The molecule has 1 saturated heterocycles. The average molecular weight is 461 g/mol. The number of morpholine rings is 1. The highest BCUT2D eigenvalue weighted by Crippen LogP contribution is 2.24. The number of guanidine groups is 1. The molecule has 0 radical (unpaired) electrons. The van der Waals surface area contributed by atoms with Gasteiger partial charge in [-0.2, -0.15) is 0 Å². The molecule has 8 nitrogen and oxygen atoms in total. The molecule has 2 aromatic rings. The molecule has 0 saturated carbocycles. The van der Waals surface area contributed by atoms with E-state index in [-0.39, 0.29) is 5.91 Å². The fourth-order valence-corrected chi connectivity index (χ4v) is 3.40. The van der Waals surface area contributed by atoms with E-state index in [1.54, 1.807) is 32.4 Å². The van der Waals surface area contributed by atoms with E-state index >= 15 is 0 Å². The van der Waals surface area contributed by atoms with Crippen LogP contribution in [0.5, 0.6) is 11.5 Å². The molecule has 1 amide bonds. The normalized spacial score (nSPS) is 14.7. The number of benzene rings is 2. The van der Waals surface area contributed by atoms with Gasteiger partial charge in [-0.1, -0.05) is 17.7 Å². The molecule has 172 valence electrons. The Hall–Kier alpha value is -2.81. The number of nitrogens with one attached hydrogen (secondary N) is 2. The SMILES string of the molecule is COc1cc(OC)cc(C(=O)NC(=NCCN2CCOCC2)Nc2cccc(Cl)c2C)c1. The Kier molecular flexibility index (Phi) is 8.72. The van der Waals surface area contributed by atoms with Crippen molar-refractivity contribution in [3.63, 3.8) is 0 Å². The molecule has 0 spiro atoms. The Morgan fingerprint density at radius 1 is 1.16 bits per heavy atom. The summed E-state index contributed by atoms with van der Waals surface area (Å²) in [5.74, 6) is 1.06. The van der Waals surface area contributed by atoms with E-state index < -0.39 is 0 Å². The summed E-state index contributed by atoms with van der Waals surface area (Å²) in [6.07, 6.45) is 0. The average Bonchev–Trinajstić information content (AvgIpc) is 2.82. The van der Waals surface area contributed by atoms with E-state index in [1.807, 2.05) is 25.1 Å². The van der Waals surface area contributed by atoms with Crippen molar-refractivity contribution >= 4 is 29.2 Å². The Bertz CT molecular complexity index is 939. The second kappa shape index (κ2) is 11.7. The van der Waals surface area contributed by atoms with Gasteiger partial charge in [0.15, 0.2) is 0 Å². The van der Waals surface area contributed by atoms with Gasteiger partial charge in [0.05, 0.1) is 34.0 Å². The third kappa shape index (κ3) is 6.59. The zero-order valence-electron chi connectivity index (χ0n) is 18.6. The lowest BCUT2D eigenvalue weighted by Gasteiger charge is -2.25. The van der Waals surface area contributed by atoms with Gasteiger partial charge >= 0.3 is 0 Å². The summed E-state index contributed by atoms with van der Waals surface area (Å²) in [6.45, 7) is 6.40. The van der Waals surface area contributed by atoms with Crippen LogP contribution in [-0.2, 0) is 4.74 Å². The molecule has 0 atom stereocenters. The Balaban J connectivity index is 1.78. The van der Waals surface area contributed by atoms with Gasteiger partial charge in [-0.05, 0) is 36.8 Å². The largest absolute Gasteiger partial charge is 0.497 e. The molecule has 2 aromatic carbocycles. The first kappa shape index (κ1) is 23.8. The predicted molar refractivity (Wildman–Crippen MR) is 126 cm³/mol. The molecule has 2 N–H and O–H groups in total. The third-order valence-corrected chi connectivity index (χ3v) is 5.57. The summed E-state index contributed by atoms with van der Waals surface area (Å²) >= 11 is 6.26. The standard InChI is InChI=1S/C23H29ClN4O4/c1-16-20(24)5-4-6-21(16)26-23(25-7-8-28-9-11-32-12-10-28)27-22(29)17-13-18(30-2)15-19(14-17)31-3/h4-6,13-15H,7-12H2,1-3H3,(H2,25,26,27,29). The second-order valence-electron chi connectivity index (χ2n) is 7.28. The van der Waals surface area contributed by atoms with Crippen molar-refractivity contribution in [2.45, 2.75) is 6.92 Å². The number of ether oxygens (including phenoxy) is 3. The minimum atomic E-state index is -0.334. The zero-order valence-corrected chi connectivity index (χ0v) is 19.4. The van der Waals surface area contributed by atoms with Crippen molar-refractivity contribution in [2.24, 2.45) is 4.99 Å². The first-order chi connectivity index (χ1) is 15.5. The van der Waals surface area contributed by atoms with Gasteiger partial charge in [0.25, 0.3) is 5.91 Å². The molecule has 1 fully saturated rings. The van der Waals surface area contributed by atoms with Crippen molar-refractivity contribution in [1.29, 1.82) is 0 Å². The van der Waals surface area contributed by atoms with Crippen molar-refractivity contribution in [1.82, 2.24) is 10.2 Å². The summed E-state index contributed by atoms with van der Waals surface area (Å²) in [5.41, 5.74) is 2.03. The maximum atomic E-state index is 13.0. The van der Waals surface area contributed by atoms with Crippen LogP contribution in [0.1, 0.15) is 15.9 Å². The lowest BCUT2D eigenvalue weighted by Crippen LogP contribution is -2.39. The van der Waals surface area contributed by atoms with Crippen LogP contribution in [0.3, 0.4) is 0 Å². The lowest BCUT2D eigenvalue weighted by molar-refractivity contribution is 0.0394. The van der Waals surface area contributed by atoms with Gasteiger partial charge in [-0.25, -0.2) is 0 Å². The Labute approximate surface area is 193 Å². The number of anilines is 1. The van der Waals surface area contributed by atoms with Gasteiger partial charge in [0.1, 0.15) is 11.5 Å². The quantitative estimate of drug-likeness (QED) is 0.487. The Morgan fingerprint density at radius 3 is 2.50 bits per heavy atom. The molecule has 1 heterocycles. The first-order valence-corrected chi connectivity index (χ1v) is 10.8. The van der Waals surface area contributed by atoms with Crippen LogP contribution < -0.4 is 20.1 Å². The molecule has 1 aliphatic heterocycles. The summed E-state index contributed by atoms with van der Waals surface area (Å²) < 4.78 is 15.9. The van der Waals surface area contributed by atoms with E-state index in [0.29, 0.717) is 34.6 Å². The van der Waals surface area contributed by atoms with E-state index in [2.05, 4.69) is 20.5 Å². The highest BCUT2D eigenvalue weighted by Gasteiger charge is 2.15. The molecule has 0 aromatic heterocycles. The van der Waals surface area contributed by atoms with Gasteiger partial charge < -0.3 is 19.5 Å². The van der Waals surface area contributed by atoms with Crippen molar-refractivity contribution in [3.8, 4) is 11.5 Å². The van der Waals surface area contributed by atoms with E-state index in [4.69, 9.17) is 25.8 Å². The number of carbonyl (C=O) groups excluding carboxylic acids is 1. The molecule has 1 aliphatic rings. The molecule has 32 heavy (non-hydrogen) atoms. The number of hydrogen-bond donors (Lipinski definition) is 2. The highest BCUT2D eigenvalue weighted by molar-refractivity contribution is 6.31. The number of halogens is 1. The van der Waals surface area contributed by atoms with E-state index in [9.17, 15) is 4.79 Å². The number of hydrogen-bond acceptors (Lipinski definition) is 6. The Morgan fingerprint density at radius 2 is 1.84 bits per heavy atom. The minimum absolute atomic E-state index is 0.334. The van der Waals surface area contributed by atoms with Crippen molar-refractivity contribution in [2.75, 3.05) is 58.9 Å². The number of amides is 1. The number of aliphatic imine (C=N–C) groups is 1. The molecule has 0 bridgehead atoms. The van der Waals surface area contributed by atoms with Crippen LogP contribution >= 0.6 is 11.6 Å². The zero-order chi connectivity index (χ0) is 22.9. The summed E-state index contributed by atoms with van der Waals surface area (Å²) in [6, 6.07) is 10.6. The number of rotatable bonds is 7. The maximum absolute atomic E-state index is 13.0. The molecule has 0 unspecified atom stereocenters. The van der Waals surface area contributed by atoms with E-state index in [0.717, 1.165) is 44.1 Å². The van der Waals surface area contributed by atoms with Crippen LogP contribution in [0, 0.1) is 6.92 Å². The summed E-state index contributed by atoms with van der Waals surface area (Å²) in [5, 5.41) is 6.71. The first-order valence-electron chi connectivity index (χ1n) is 10.4. The molecule has 3 rings (SSSR count). The lowest BCUT2D eigenvalue weighted by atomic mass is 10.2. The molecule has 0 aliphatic carbocycles. The van der Waals surface area contributed by atoms with Crippen molar-refractivity contribution < 1.29 is 19.0 Å². The second-order valence-corrected chi connectivity index (χ2v) is 7.68. The fraction of sp³-hybridized carbons (Fsp3) is 0.391. The summed E-state index contributed by atoms with van der Waals surface area (Å²) in [7, 11) is 3.08. The van der Waals surface area contributed by atoms with Crippen LogP contribution in [0.4, 0.5) is 5.69 Å². The van der Waals surface area contributed by atoms with Crippen LogP contribution in [0.15, 0.2) is 41.4 Å². The van der Waals surface area contributed by atoms with Gasteiger partial charge in [-0.15, -0.1) is 0 Å². The number of carbonyl (C=O) groups is 1. The molecular weight excluding hydrogens is 432 g/mol. The van der Waals surface area contributed by atoms with Gasteiger partial charge in [0, 0.05) is 42.0 Å². The maximum Gasteiger partial charge on any atom is 0.258 e. The molecular formula is C23H29ClN4O4. The number of nitrogens with zero attached hydrogens (tertiary/aromatic N) is 2. The van der Waals surface area contributed by atoms with Gasteiger partial charge in [0.2, 0.25) is 5.96 Å². The summed E-state index contributed by atoms with van der Waals surface area (Å²) in [4.78, 5) is 19.9. The van der Waals surface area contributed by atoms with Crippen LogP contribution in [-0.4, -0.2) is 70.4 Å². The topological polar surface area (TPSA) is 84.4 Å².